The first kappa shape index (κ1) is 19.6. The Kier molecular flexibility index (Phi) is 5.15. The van der Waals surface area contributed by atoms with Crippen LogP contribution in [0.25, 0.3) is 16.9 Å². The molecule has 0 fully saturated rings. The van der Waals surface area contributed by atoms with E-state index in [4.69, 9.17) is 5.14 Å². The lowest BCUT2D eigenvalue weighted by Crippen LogP contribution is -2.14. The molecule has 2 N–H and O–H groups in total. The number of benzene rings is 2. The van der Waals surface area contributed by atoms with Crippen molar-refractivity contribution in [1.82, 2.24) is 9.78 Å². The van der Waals surface area contributed by atoms with Gasteiger partial charge in [-0.25, -0.2) is 31.4 Å². The van der Waals surface area contributed by atoms with Crippen molar-refractivity contribution in [2.24, 2.45) is 5.14 Å². The van der Waals surface area contributed by atoms with Crippen LogP contribution in [-0.4, -0.2) is 18.2 Å². The van der Waals surface area contributed by atoms with Crippen LogP contribution in [0, 0.1) is 12.7 Å². The Hall–Kier alpha value is -2.17. The highest BCUT2D eigenvalue weighted by Crippen LogP contribution is 2.31. The molecular weight excluding hydrogens is 447 g/mol. The van der Waals surface area contributed by atoms with Crippen LogP contribution in [0.1, 0.15) is 17.7 Å². The van der Waals surface area contributed by atoms with Crippen LogP contribution < -0.4 is 5.14 Å². The van der Waals surface area contributed by atoms with Gasteiger partial charge in [-0.3, -0.25) is 0 Å². The van der Waals surface area contributed by atoms with Crippen LogP contribution in [0.3, 0.4) is 0 Å². The number of aromatic nitrogens is 2. The molecule has 142 valence electrons. The van der Waals surface area contributed by atoms with E-state index in [-0.39, 0.29) is 11.3 Å². The Bertz CT molecular complexity index is 1130. The average Bonchev–Trinajstić information content (AvgIpc) is 3.01. The van der Waals surface area contributed by atoms with Gasteiger partial charge in [0.15, 0.2) is 0 Å². The van der Waals surface area contributed by atoms with E-state index in [9.17, 15) is 21.6 Å². The molecule has 2 aromatic carbocycles. The normalized spacial score (nSPS) is 12.0. The molecule has 1 heterocycles. The van der Waals surface area contributed by atoms with Crippen LogP contribution >= 0.6 is 15.9 Å². The van der Waals surface area contributed by atoms with Gasteiger partial charge in [0.2, 0.25) is 10.0 Å². The molecule has 10 heteroatoms. The average molecular weight is 460 g/mol. The van der Waals surface area contributed by atoms with E-state index >= 15 is 0 Å². The summed E-state index contributed by atoms with van der Waals surface area (Å²) < 4.78 is 65.3. The third-order valence-electron chi connectivity index (χ3n) is 3.89. The first-order chi connectivity index (χ1) is 12.6. The molecule has 0 saturated heterocycles. The van der Waals surface area contributed by atoms with Gasteiger partial charge >= 0.3 is 0 Å². The van der Waals surface area contributed by atoms with E-state index in [2.05, 4.69) is 21.0 Å². The Morgan fingerprint density at radius 3 is 2.41 bits per heavy atom. The van der Waals surface area contributed by atoms with Crippen molar-refractivity contribution in [1.29, 1.82) is 0 Å². The zero-order chi connectivity index (χ0) is 19.9. The van der Waals surface area contributed by atoms with Gasteiger partial charge in [-0.15, -0.1) is 0 Å². The van der Waals surface area contributed by atoms with Crippen LogP contribution in [0.2, 0.25) is 0 Å². The highest BCUT2D eigenvalue weighted by molar-refractivity contribution is 9.10. The number of aryl methyl sites for hydroxylation is 1. The van der Waals surface area contributed by atoms with Crippen molar-refractivity contribution in [2.45, 2.75) is 18.2 Å². The molecule has 27 heavy (non-hydrogen) atoms. The van der Waals surface area contributed by atoms with Gasteiger partial charge in [0.25, 0.3) is 6.43 Å². The number of alkyl halides is 2. The maximum absolute atomic E-state index is 14.2. The van der Waals surface area contributed by atoms with Crippen LogP contribution in [-0.2, 0) is 10.0 Å². The van der Waals surface area contributed by atoms with Crippen molar-refractivity contribution in [3.8, 4) is 16.9 Å². The number of halogens is 4. The van der Waals surface area contributed by atoms with Gasteiger partial charge in [0, 0.05) is 10.0 Å². The fraction of sp³-hybridized carbons (Fsp3) is 0.118. The molecule has 0 radical (unpaired) electrons. The predicted molar refractivity (Wildman–Crippen MR) is 97.7 cm³/mol. The highest BCUT2D eigenvalue weighted by Gasteiger charge is 2.20. The van der Waals surface area contributed by atoms with Crippen LogP contribution in [0.5, 0.6) is 0 Å². The lowest BCUT2D eigenvalue weighted by molar-refractivity contribution is 0.145. The quantitative estimate of drug-likeness (QED) is 0.630. The molecule has 5 nitrogen and oxygen atoms in total. The Balaban J connectivity index is 2.20. The molecule has 0 amide bonds. The minimum Gasteiger partial charge on any atom is -0.233 e. The standard InChI is InChI=1S/C17H13BrF3N3O2S/c1-9-2-4-11(7-12(9)18)24-15(8-14(23-24)17(20)21)10-3-5-16(13(19)6-10)27(22,25)26/h2-8,17H,1H3,(H2,22,25,26). The second kappa shape index (κ2) is 7.10. The van der Waals surface area contributed by atoms with Crippen molar-refractivity contribution >= 4 is 26.0 Å². The molecule has 0 unspecified atom stereocenters. The van der Waals surface area contributed by atoms with Gasteiger partial charge in [0.05, 0.1) is 11.4 Å². The molecule has 0 atom stereocenters. The van der Waals surface area contributed by atoms with E-state index in [0.717, 1.165) is 28.2 Å². The minimum absolute atomic E-state index is 0.177. The maximum atomic E-state index is 14.2. The summed E-state index contributed by atoms with van der Waals surface area (Å²) in [6.07, 6.45) is -2.83. The summed E-state index contributed by atoms with van der Waals surface area (Å²) in [6, 6.07) is 9.48. The smallest absolute Gasteiger partial charge is 0.233 e. The SMILES string of the molecule is Cc1ccc(-n2nc(C(F)F)cc2-c2ccc(S(N)(=O)=O)c(F)c2)cc1Br. The topological polar surface area (TPSA) is 78.0 Å². The largest absolute Gasteiger partial charge is 0.282 e. The van der Waals surface area contributed by atoms with E-state index in [1.165, 1.54) is 10.7 Å². The zero-order valence-electron chi connectivity index (χ0n) is 13.8. The molecule has 1 aromatic heterocycles. The third-order valence-corrected chi connectivity index (χ3v) is 5.68. The number of hydrogen-bond acceptors (Lipinski definition) is 3. The van der Waals surface area contributed by atoms with E-state index < -0.39 is 32.9 Å². The monoisotopic (exact) mass is 459 g/mol. The van der Waals surface area contributed by atoms with Crippen molar-refractivity contribution in [3.63, 3.8) is 0 Å². The second-order valence-corrected chi connectivity index (χ2v) is 8.17. The molecule has 3 rings (SSSR count). The molecule has 0 bridgehead atoms. The van der Waals surface area contributed by atoms with Gasteiger partial charge in [0.1, 0.15) is 16.4 Å². The molecule has 3 aromatic rings. The number of rotatable bonds is 4. The van der Waals surface area contributed by atoms with E-state index in [0.29, 0.717) is 5.69 Å². The van der Waals surface area contributed by atoms with Crippen molar-refractivity contribution in [3.05, 3.63) is 64.0 Å². The number of nitrogens with zero attached hydrogens (tertiary/aromatic N) is 2. The summed E-state index contributed by atoms with van der Waals surface area (Å²) in [4.78, 5) is -0.676. The third kappa shape index (κ3) is 3.92. The summed E-state index contributed by atoms with van der Waals surface area (Å²) in [7, 11) is -4.24. The first-order valence-corrected chi connectivity index (χ1v) is 9.89. The Morgan fingerprint density at radius 2 is 1.85 bits per heavy atom. The lowest BCUT2D eigenvalue weighted by atomic mass is 10.1. The zero-order valence-corrected chi connectivity index (χ0v) is 16.2. The molecule has 0 aliphatic rings. The van der Waals surface area contributed by atoms with Crippen molar-refractivity contribution in [2.75, 3.05) is 0 Å². The second-order valence-electron chi connectivity index (χ2n) is 5.79. The molecular formula is C17H13BrF3N3O2S. The first-order valence-electron chi connectivity index (χ1n) is 7.55. The van der Waals surface area contributed by atoms with Crippen LogP contribution in [0.4, 0.5) is 13.2 Å². The number of sulfonamides is 1. The molecule has 0 spiro atoms. The predicted octanol–water partition coefficient (Wildman–Crippen LogP) is 4.33. The summed E-state index contributed by atoms with van der Waals surface area (Å²) >= 11 is 3.37. The lowest BCUT2D eigenvalue weighted by Gasteiger charge is -2.10. The summed E-state index contributed by atoms with van der Waals surface area (Å²) in [6.45, 7) is 1.86. The molecule has 0 aliphatic heterocycles. The number of primary sulfonamides is 1. The van der Waals surface area contributed by atoms with Gasteiger partial charge in [-0.1, -0.05) is 28.1 Å². The van der Waals surface area contributed by atoms with E-state index in [1.54, 1.807) is 18.2 Å². The fourth-order valence-electron chi connectivity index (χ4n) is 2.51. The summed E-state index contributed by atoms with van der Waals surface area (Å²) in [5, 5.41) is 8.86. The van der Waals surface area contributed by atoms with Crippen LogP contribution in [0.15, 0.2) is 51.8 Å². The van der Waals surface area contributed by atoms with Gasteiger partial charge in [-0.2, -0.15) is 5.10 Å². The van der Waals surface area contributed by atoms with Gasteiger partial charge < -0.3 is 0 Å². The Morgan fingerprint density at radius 1 is 1.15 bits per heavy atom. The number of nitrogens with two attached hydrogens (primary N) is 1. The van der Waals surface area contributed by atoms with E-state index in [1.807, 2.05) is 6.92 Å². The minimum atomic E-state index is -4.24. The molecule has 0 aliphatic carbocycles. The Labute approximate surface area is 161 Å². The fourth-order valence-corrected chi connectivity index (χ4v) is 3.47. The maximum Gasteiger partial charge on any atom is 0.282 e. The summed E-state index contributed by atoms with van der Waals surface area (Å²) in [5.74, 6) is -1.08. The highest BCUT2D eigenvalue weighted by atomic mass is 79.9. The number of hydrogen-bond donors (Lipinski definition) is 1. The van der Waals surface area contributed by atoms with Crippen molar-refractivity contribution < 1.29 is 21.6 Å². The van der Waals surface area contributed by atoms with Gasteiger partial charge in [-0.05, 0) is 42.8 Å². The molecule has 0 saturated carbocycles. The summed E-state index contributed by atoms with van der Waals surface area (Å²) in [5.41, 5.74) is 1.28.